The van der Waals surface area contributed by atoms with E-state index in [1.807, 2.05) is 33.9 Å². The van der Waals surface area contributed by atoms with Gasteiger partial charge in [0.15, 0.2) is 8.32 Å². The van der Waals surface area contributed by atoms with Crippen molar-refractivity contribution in [1.82, 2.24) is 0 Å². The monoisotopic (exact) mass is 287 g/mol. The van der Waals surface area contributed by atoms with E-state index < -0.39 is 20.8 Å². The highest BCUT2D eigenvalue weighted by atomic mass is 28.4. The molecule has 0 bridgehead atoms. The third kappa shape index (κ3) is 4.01. The molecule has 0 heterocycles. The molecule has 19 heavy (non-hydrogen) atoms. The Morgan fingerprint density at radius 1 is 1.11 bits per heavy atom. The summed E-state index contributed by atoms with van der Waals surface area (Å²) >= 11 is 0. The highest BCUT2D eigenvalue weighted by Gasteiger charge is 2.41. The van der Waals surface area contributed by atoms with Gasteiger partial charge in [-0.05, 0) is 30.3 Å². The van der Waals surface area contributed by atoms with Gasteiger partial charge in [0, 0.05) is 11.3 Å². The molecular formula is C14H23F2NOSi. The number of rotatable bonds is 4. The number of halogens is 2. The van der Waals surface area contributed by atoms with Crippen LogP contribution in [-0.2, 0) is 10.3 Å². The van der Waals surface area contributed by atoms with E-state index in [1.165, 1.54) is 24.3 Å². The molecule has 0 amide bonds. The second-order valence-corrected chi connectivity index (χ2v) is 11.2. The molecule has 0 unspecified atom stereocenters. The Labute approximate surface area is 115 Å². The number of nitrogen functional groups attached to an aromatic ring is 1. The van der Waals surface area contributed by atoms with Crippen LogP contribution in [0.4, 0.5) is 14.5 Å². The maximum Gasteiger partial charge on any atom is 0.294 e. The Kier molecular flexibility index (Phi) is 4.42. The molecule has 5 heteroatoms. The lowest BCUT2D eigenvalue weighted by Gasteiger charge is -2.37. The molecule has 1 aromatic carbocycles. The molecule has 0 aliphatic carbocycles. The SMILES string of the molecule is CC(C)(C)[Si](C)(C)OCC(F)(F)c1ccc(N)cc1. The molecule has 1 aromatic rings. The van der Waals surface area contributed by atoms with E-state index in [0.717, 1.165) is 0 Å². The normalized spacial score (nSPS) is 13.6. The smallest absolute Gasteiger partial charge is 0.294 e. The maximum atomic E-state index is 14.1. The molecule has 0 aliphatic rings. The summed E-state index contributed by atoms with van der Waals surface area (Å²) in [4.78, 5) is 0. The van der Waals surface area contributed by atoms with Crippen LogP contribution in [0.5, 0.6) is 0 Å². The first-order chi connectivity index (χ1) is 8.46. The lowest BCUT2D eigenvalue weighted by Crippen LogP contribution is -2.43. The van der Waals surface area contributed by atoms with E-state index in [0.29, 0.717) is 5.69 Å². The molecule has 0 aliphatic heterocycles. The fraction of sp³-hybridized carbons (Fsp3) is 0.571. The molecule has 0 atom stereocenters. The number of nitrogens with two attached hydrogens (primary N) is 1. The van der Waals surface area contributed by atoms with Crippen LogP contribution >= 0.6 is 0 Å². The third-order valence-corrected chi connectivity index (χ3v) is 8.23. The molecule has 0 spiro atoms. The third-order valence-electron chi connectivity index (χ3n) is 3.75. The Bertz CT molecular complexity index is 424. The van der Waals surface area contributed by atoms with Crippen LogP contribution in [0.2, 0.25) is 18.1 Å². The number of hydrogen-bond donors (Lipinski definition) is 1. The number of alkyl halides is 2. The van der Waals surface area contributed by atoms with Gasteiger partial charge in [0.2, 0.25) is 0 Å². The van der Waals surface area contributed by atoms with Crippen molar-refractivity contribution in [2.24, 2.45) is 0 Å². The van der Waals surface area contributed by atoms with Gasteiger partial charge < -0.3 is 10.2 Å². The number of benzene rings is 1. The summed E-state index contributed by atoms with van der Waals surface area (Å²) in [6, 6.07) is 5.67. The lowest BCUT2D eigenvalue weighted by molar-refractivity contribution is -0.0508. The van der Waals surface area contributed by atoms with Crippen molar-refractivity contribution in [3.05, 3.63) is 29.8 Å². The quantitative estimate of drug-likeness (QED) is 0.658. The van der Waals surface area contributed by atoms with Gasteiger partial charge in [0.25, 0.3) is 5.92 Å². The summed E-state index contributed by atoms with van der Waals surface area (Å²) in [5.41, 5.74) is 5.92. The minimum atomic E-state index is -2.98. The van der Waals surface area contributed by atoms with Crippen LogP contribution in [-0.4, -0.2) is 14.9 Å². The summed E-state index contributed by atoms with van der Waals surface area (Å²) in [5.74, 6) is -2.98. The Balaban J connectivity index is 2.78. The molecule has 108 valence electrons. The summed E-state index contributed by atoms with van der Waals surface area (Å²) in [7, 11) is -2.16. The average Bonchev–Trinajstić information content (AvgIpc) is 2.26. The first kappa shape index (κ1) is 16.1. The van der Waals surface area contributed by atoms with Crippen LogP contribution in [0.15, 0.2) is 24.3 Å². The minimum Gasteiger partial charge on any atom is -0.410 e. The molecule has 0 saturated carbocycles. The van der Waals surface area contributed by atoms with Crippen molar-refractivity contribution in [3.8, 4) is 0 Å². The fourth-order valence-electron chi connectivity index (χ4n) is 1.30. The average molecular weight is 287 g/mol. The zero-order valence-corrected chi connectivity index (χ0v) is 13.3. The maximum absolute atomic E-state index is 14.1. The van der Waals surface area contributed by atoms with E-state index in [9.17, 15) is 8.78 Å². The van der Waals surface area contributed by atoms with Crippen LogP contribution in [0.3, 0.4) is 0 Å². The van der Waals surface area contributed by atoms with Crippen molar-refractivity contribution >= 4 is 14.0 Å². The molecule has 2 nitrogen and oxygen atoms in total. The molecule has 1 rings (SSSR count). The summed E-state index contributed by atoms with van der Waals surface area (Å²) < 4.78 is 33.7. The van der Waals surface area contributed by atoms with E-state index in [1.54, 1.807) is 0 Å². The van der Waals surface area contributed by atoms with Gasteiger partial charge in [-0.1, -0.05) is 32.9 Å². The molecule has 0 fully saturated rings. The minimum absolute atomic E-state index is 0.0552. The highest BCUT2D eigenvalue weighted by molar-refractivity contribution is 6.74. The van der Waals surface area contributed by atoms with Crippen molar-refractivity contribution < 1.29 is 13.2 Å². The van der Waals surface area contributed by atoms with Crippen LogP contribution in [0.1, 0.15) is 26.3 Å². The molecule has 2 N–H and O–H groups in total. The van der Waals surface area contributed by atoms with Crippen molar-refractivity contribution in [3.63, 3.8) is 0 Å². The van der Waals surface area contributed by atoms with Gasteiger partial charge in [-0.2, -0.15) is 8.78 Å². The largest absolute Gasteiger partial charge is 0.410 e. The molecule has 0 radical (unpaired) electrons. The van der Waals surface area contributed by atoms with Gasteiger partial charge >= 0.3 is 0 Å². The predicted molar refractivity (Wildman–Crippen MR) is 77.9 cm³/mol. The zero-order chi connectivity index (χ0) is 14.9. The van der Waals surface area contributed by atoms with E-state index in [2.05, 4.69) is 0 Å². The first-order valence-corrected chi connectivity index (χ1v) is 9.24. The Hall–Kier alpha value is -0.943. The summed E-state index contributed by atoms with van der Waals surface area (Å²) in [6.45, 7) is 9.44. The van der Waals surface area contributed by atoms with Gasteiger partial charge in [0.05, 0.1) is 0 Å². The fourth-order valence-corrected chi connectivity index (χ4v) is 2.27. The van der Waals surface area contributed by atoms with Crippen LogP contribution in [0.25, 0.3) is 0 Å². The Morgan fingerprint density at radius 2 is 1.58 bits per heavy atom. The standard InChI is InChI=1S/C14H23F2NOSi/c1-13(2,3)19(4,5)18-10-14(15,16)11-6-8-12(17)9-7-11/h6-9H,10,17H2,1-5H3. The van der Waals surface area contributed by atoms with E-state index >= 15 is 0 Å². The summed E-state index contributed by atoms with van der Waals surface area (Å²) in [6.07, 6.45) is 0. The van der Waals surface area contributed by atoms with Gasteiger partial charge in [-0.3, -0.25) is 0 Å². The first-order valence-electron chi connectivity index (χ1n) is 6.33. The van der Waals surface area contributed by atoms with E-state index in [-0.39, 0.29) is 10.6 Å². The zero-order valence-electron chi connectivity index (χ0n) is 12.3. The van der Waals surface area contributed by atoms with Crippen molar-refractivity contribution in [2.75, 3.05) is 12.3 Å². The Morgan fingerprint density at radius 3 is 2.00 bits per heavy atom. The van der Waals surface area contributed by atoms with Crippen LogP contribution in [0, 0.1) is 0 Å². The van der Waals surface area contributed by atoms with Crippen molar-refractivity contribution in [2.45, 2.75) is 44.8 Å². The van der Waals surface area contributed by atoms with Gasteiger partial charge in [-0.15, -0.1) is 0 Å². The topological polar surface area (TPSA) is 35.2 Å². The van der Waals surface area contributed by atoms with Gasteiger partial charge in [0.1, 0.15) is 6.61 Å². The lowest BCUT2D eigenvalue weighted by atomic mass is 10.1. The van der Waals surface area contributed by atoms with Crippen LogP contribution < -0.4 is 5.73 Å². The van der Waals surface area contributed by atoms with Crippen molar-refractivity contribution in [1.29, 1.82) is 0 Å². The summed E-state index contributed by atoms with van der Waals surface area (Å²) in [5, 5.41) is -0.0792. The van der Waals surface area contributed by atoms with Gasteiger partial charge in [-0.25, -0.2) is 0 Å². The second-order valence-electron chi connectivity index (χ2n) is 6.38. The predicted octanol–water partition coefficient (Wildman–Crippen LogP) is 4.38. The number of anilines is 1. The number of hydrogen-bond acceptors (Lipinski definition) is 2. The highest BCUT2D eigenvalue weighted by Crippen LogP contribution is 2.38. The molecular weight excluding hydrogens is 264 g/mol. The van der Waals surface area contributed by atoms with E-state index in [4.69, 9.17) is 10.2 Å². The molecule has 0 aromatic heterocycles. The molecule has 0 saturated heterocycles. The second kappa shape index (κ2) is 5.21.